The molecule has 0 atom stereocenters. The quantitative estimate of drug-likeness (QED) is 0.755. The molecule has 0 saturated heterocycles. The van der Waals surface area contributed by atoms with E-state index >= 15 is 0 Å². The van der Waals surface area contributed by atoms with Crippen molar-refractivity contribution in [3.05, 3.63) is 17.0 Å². The van der Waals surface area contributed by atoms with Crippen molar-refractivity contribution in [2.24, 2.45) is 0 Å². The van der Waals surface area contributed by atoms with Crippen molar-refractivity contribution in [1.29, 1.82) is 0 Å². The van der Waals surface area contributed by atoms with Crippen LogP contribution in [0.2, 0.25) is 0 Å². The van der Waals surface area contributed by atoms with Crippen LogP contribution in [-0.2, 0) is 0 Å². The highest BCUT2D eigenvalue weighted by molar-refractivity contribution is 9.10. The van der Waals surface area contributed by atoms with E-state index in [2.05, 4.69) is 30.6 Å². The van der Waals surface area contributed by atoms with Gasteiger partial charge in [-0.1, -0.05) is 0 Å². The number of aromatic nitrogens is 2. The third-order valence-electron chi connectivity index (χ3n) is 0.966. The molecule has 1 rings (SSSR count). The van der Waals surface area contributed by atoms with E-state index in [-0.39, 0.29) is 5.88 Å². The van der Waals surface area contributed by atoms with Gasteiger partial charge in [0.15, 0.2) is 6.61 Å². The van der Waals surface area contributed by atoms with Crippen molar-refractivity contribution >= 4 is 15.9 Å². The van der Waals surface area contributed by atoms with Gasteiger partial charge in [0.2, 0.25) is 5.88 Å². The van der Waals surface area contributed by atoms with Gasteiger partial charge in [-0.25, -0.2) is 18.7 Å². The Morgan fingerprint density at radius 3 is 2.83 bits per heavy atom. The second-order valence-electron chi connectivity index (χ2n) is 1.88. The summed E-state index contributed by atoms with van der Waals surface area (Å²) in [7, 11) is 0. The third kappa shape index (κ3) is 3.08. The third-order valence-corrected chi connectivity index (χ3v) is 1.40. The lowest BCUT2D eigenvalue weighted by molar-refractivity contribution is 0.0794. The van der Waals surface area contributed by atoms with Gasteiger partial charge in [0.1, 0.15) is 10.9 Å². The van der Waals surface area contributed by atoms with Crippen molar-refractivity contribution in [3.63, 3.8) is 0 Å². The molecule has 66 valence electrons. The topological polar surface area (TPSA) is 35.0 Å². The van der Waals surface area contributed by atoms with Gasteiger partial charge in [0, 0.05) is 6.07 Å². The highest BCUT2D eigenvalue weighted by Crippen LogP contribution is 2.12. The van der Waals surface area contributed by atoms with Crippen molar-refractivity contribution in [2.45, 2.75) is 6.43 Å². The molecule has 0 aliphatic rings. The lowest BCUT2D eigenvalue weighted by Crippen LogP contribution is -2.07. The lowest BCUT2D eigenvalue weighted by Gasteiger charge is -2.02. The zero-order valence-corrected chi connectivity index (χ0v) is 7.46. The zero-order chi connectivity index (χ0) is 8.97. The molecule has 0 aromatic carbocycles. The molecule has 0 aliphatic carbocycles. The molecular formula is C6H5BrF2N2O. The first-order valence-corrected chi connectivity index (χ1v) is 3.86. The van der Waals surface area contributed by atoms with E-state index in [1.165, 1.54) is 12.4 Å². The molecule has 0 bridgehead atoms. The summed E-state index contributed by atoms with van der Waals surface area (Å²) >= 11 is 3.05. The molecule has 12 heavy (non-hydrogen) atoms. The number of rotatable bonds is 3. The fourth-order valence-corrected chi connectivity index (χ4v) is 0.832. The molecule has 0 spiro atoms. The molecule has 3 nitrogen and oxygen atoms in total. The van der Waals surface area contributed by atoms with Gasteiger partial charge in [-0.15, -0.1) is 0 Å². The Morgan fingerprint density at radius 1 is 1.50 bits per heavy atom. The Balaban J connectivity index is 2.52. The van der Waals surface area contributed by atoms with Crippen LogP contribution in [0.4, 0.5) is 8.78 Å². The van der Waals surface area contributed by atoms with Crippen molar-refractivity contribution in [1.82, 2.24) is 9.97 Å². The van der Waals surface area contributed by atoms with Crippen LogP contribution in [0.15, 0.2) is 17.0 Å². The Labute approximate surface area is 75.9 Å². The molecule has 1 aromatic heterocycles. The smallest absolute Gasteiger partial charge is 0.272 e. The van der Waals surface area contributed by atoms with Crippen molar-refractivity contribution in [3.8, 4) is 5.88 Å². The summed E-state index contributed by atoms with van der Waals surface area (Å²) in [5.41, 5.74) is 0. The van der Waals surface area contributed by atoms with Crippen LogP contribution in [-0.4, -0.2) is 23.0 Å². The molecule has 0 unspecified atom stereocenters. The van der Waals surface area contributed by atoms with E-state index in [4.69, 9.17) is 0 Å². The summed E-state index contributed by atoms with van der Waals surface area (Å²) in [6, 6.07) is 1.42. The van der Waals surface area contributed by atoms with Crippen LogP contribution in [0.5, 0.6) is 5.88 Å². The largest absolute Gasteiger partial charge is 0.471 e. The Bertz CT molecular complexity index is 259. The minimum atomic E-state index is -2.49. The van der Waals surface area contributed by atoms with Crippen LogP contribution >= 0.6 is 15.9 Å². The average molecular weight is 239 g/mol. The van der Waals surface area contributed by atoms with E-state index < -0.39 is 13.0 Å². The van der Waals surface area contributed by atoms with Crippen LogP contribution < -0.4 is 4.74 Å². The van der Waals surface area contributed by atoms with Gasteiger partial charge < -0.3 is 4.74 Å². The van der Waals surface area contributed by atoms with Crippen LogP contribution in [0, 0.1) is 0 Å². The minimum Gasteiger partial charge on any atom is -0.471 e. The number of halogens is 3. The maximum atomic E-state index is 11.6. The first-order chi connectivity index (χ1) is 5.68. The summed E-state index contributed by atoms with van der Waals surface area (Å²) in [4.78, 5) is 7.32. The highest BCUT2D eigenvalue weighted by Gasteiger charge is 2.04. The first-order valence-electron chi connectivity index (χ1n) is 3.07. The van der Waals surface area contributed by atoms with Crippen LogP contribution in [0.3, 0.4) is 0 Å². The summed E-state index contributed by atoms with van der Waals surface area (Å²) < 4.78 is 28.4. The number of nitrogens with zero attached hydrogens (tertiary/aromatic N) is 2. The standard InChI is InChI=1S/C6H5BrF2N2O/c7-4-1-6(11-3-10-4)12-2-5(8)9/h1,3,5H,2H2. The predicted molar refractivity (Wildman–Crippen MR) is 41.2 cm³/mol. The monoisotopic (exact) mass is 238 g/mol. The number of ether oxygens (including phenoxy) is 1. The molecule has 0 aliphatic heterocycles. The Kier molecular flexibility index (Phi) is 3.33. The molecule has 0 fully saturated rings. The van der Waals surface area contributed by atoms with Gasteiger partial charge in [0.25, 0.3) is 6.43 Å². The van der Waals surface area contributed by atoms with Gasteiger partial charge >= 0.3 is 0 Å². The first kappa shape index (κ1) is 9.31. The summed E-state index contributed by atoms with van der Waals surface area (Å²) in [6.45, 7) is -0.649. The maximum Gasteiger partial charge on any atom is 0.272 e. The number of alkyl halides is 2. The van der Waals surface area contributed by atoms with E-state index in [0.717, 1.165) is 0 Å². The summed E-state index contributed by atoms with van der Waals surface area (Å²) in [5.74, 6) is 0.136. The van der Waals surface area contributed by atoms with Crippen molar-refractivity contribution < 1.29 is 13.5 Å². The molecule has 6 heteroatoms. The maximum absolute atomic E-state index is 11.6. The van der Waals surface area contributed by atoms with Crippen LogP contribution in [0.25, 0.3) is 0 Å². The molecular weight excluding hydrogens is 234 g/mol. The molecule has 0 amide bonds. The number of hydrogen-bond acceptors (Lipinski definition) is 3. The van der Waals surface area contributed by atoms with Crippen molar-refractivity contribution in [2.75, 3.05) is 6.61 Å². The SMILES string of the molecule is FC(F)COc1cc(Br)ncn1. The molecule has 1 heterocycles. The fraction of sp³-hybridized carbons (Fsp3) is 0.333. The second kappa shape index (κ2) is 4.30. The summed E-state index contributed by atoms with van der Waals surface area (Å²) in [5, 5.41) is 0. The molecule has 1 aromatic rings. The molecule has 0 saturated carbocycles. The molecule has 0 radical (unpaired) electrons. The zero-order valence-electron chi connectivity index (χ0n) is 5.88. The summed E-state index contributed by atoms with van der Waals surface area (Å²) in [6.07, 6.45) is -1.26. The normalized spacial score (nSPS) is 10.3. The Morgan fingerprint density at radius 2 is 2.25 bits per heavy atom. The van der Waals surface area contributed by atoms with Gasteiger partial charge in [-0.3, -0.25) is 0 Å². The lowest BCUT2D eigenvalue weighted by atomic mass is 10.6. The van der Waals surface area contributed by atoms with E-state index in [0.29, 0.717) is 4.60 Å². The molecule has 0 N–H and O–H groups in total. The second-order valence-corrected chi connectivity index (χ2v) is 2.69. The minimum absolute atomic E-state index is 0.136. The predicted octanol–water partition coefficient (Wildman–Crippen LogP) is 1.88. The van der Waals surface area contributed by atoms with Gasteiger partial charge in [-0.2, -0.15) is 0 Å². The fourth-order valence-electron chi connectivity index (χ4n) is 0.545. The van der Waals surface area contributed by atoms with E-state index in [9.17, 15) is 8.78 Å². The van der Waals surface area contributed by atoms with Gasteiger partial charge in [-0.05, 0) is 15.9 Å². The number of hydrogen-bond donors (Lipinski definition) is 0. The van der Waals surface area contributed by atoms with Gasteiger partial charge in [0.05, 0.1) is 0 Å². The average Bonchev–Trinajstić information content (AvgIpc) is 2.01. The van der Waals surface area contributed by atoms with E-state index in [1.54, 1.807) is 0 Å². The van der Waals surface area contributed by atoms with Crippen LogP contribution in [0.1, 0.15) is 0 Å². The Hall–Kier alpha value is -0.780. The highest BCUT2D eigenvalue weighted by atomic mass is 79.9. The van der Waals surface area contributed by atoms with E-state index in [1.807, 2.05) is 0 Å².